The number of aryl methyl sites for hydroxylation is 2. The highest BCUT2D eigenvalue weighted by Crippen LogP contribution is 2.54. The van der Waals surface area contributed by atoms with Crippen molar-refractivity contribution in [1.29, 1.82) is 0 Å². The first-order chi connectivity index (χ1) is 17.3. The molecule has 1 unspecified atom stereocenters. The molecule has 3 heteroatoms. The van der Waals surface area contributed by atoms with Crippen LogP contribution in [0.15, 0.2) is 58.9 Å². The summed E-state index contributed by atoms with van der Waals surface area (Å²) in [6, 6.07) is 12.0. The molecule has 35 heavy (non-hydrogen) atoms. The van der Waals surface area contributed by atoms with Crippen molar-refractivity contribution < 1.29 is 4.74 Å². The molecule has 0 spiro atoms. The number of rotatable bonds is 1. The fourth-order valence-corrected chi connectivity index (χ4v) is 7.92. The van der Waals surface area contributed by atoms with Crippen LogP contribution >= 0.6 is 0 Å². The van der Waals surface area contributed by atoms with E-state index in [0.29, 0.717) is 6.04 Å². The van der Waals surface area contributed by atoms with Crippen molar-refractivity contribution in [3.63, 3.8) is 0 Å². The Hall–Kier alpha value is -2.78. The standard InChI is InChI=1S/C32H34N2O/c1-20-8-2-3-11-23(20)28-26-18-21-9-4-14-33-16-6-12-24(29(21)33)31(26)35-32-25-13-7-17-34-15-5-10-22(30(25)34)19-27(28)32/h2-3,8,11,18-19,29H,4-7,9-10,12-17H2,1H3. The normalized spacial score (nSPS) is 24.8. The van der Waals surface area contributed by atoms with E-state index in [9.17, 15) is 0 Å². The van der Waals surface area contributed by atoms with Gasteiger partial charge in [0, 0.05) is 41.1 Å². The highest BCUT2D eigenvalue weighted by Gasteiger charge is 2.42. The molecule has 178 valence electrons. The molecule has 2 aromatic rings. The van der Waals surface area contributed by atoms with Crippen LogP contribution < -0.4 is 9.64 Å². The average Bonchev–Trinajstić information content (AvgIpc) is 2.89. The predicted molar refractivity (Wildman–Crippen MR) is 142 cm³/mol. The van der Waals surface area contributed by atoms with Crippen molar-refractivity contribution >= 4 is 11.3 Å². The molecule has 0 N–H and O–H groups in total. The van der Waals surface area contributed by atoms with Crippen LogP contribution in [0.5, 0.6) is 5.75 Å². The zero-order valence-electron chi connectivity index (χ0n) is 20.8. The van der Waals surface area contributed by atoms with Gasteiger partial charge in [0.1, 0.15) is 11.5 Å². The van der Waals surface area contributed by atoms with Crippen molar-refractivity contribution in [2.45, 2.75) is 64.3 Å². The second kappa shape index (κ2) is 7.61. The van der Waals surface area contributed by atoms with E-state index in [-0.39, 0.29) is 0 Å². The summed E-state index contributed by atoms with van der Waals surface area (Å²) in [6.45, 7) is 7.12. The van der Waals surface area contributed by atoms with Gasteiger partial charge in [-0.3, -0.25) is 4.90 Å². The van der Waals surface area contributed by atoms with Crippen LogP contribution in [0.1, 0.15) is 66.3 Å². The van der Waals surface area contributed by atoms with Gasteiger partial charge in [0.05, 0.1) is 6.04 Å². The lowest BCUT2D eigenvalue weighted by atomic mass is 9.74. The molecule has 8 rings (SSSR count). The second-order valence-electron chi connectivity index (χ2n) is 11.4. The summed E-state index contributed by atoms with van der Waals surface area (Å²) in [5.74, 6) is 2.37. The molecule has 1 aliphatic carbocycles. The number of anilines is 1. The fraction of sp³-hybridized carbons (Fsp3) is 0.438. The number of hydrogen-bond donors (Lipinski definition) is 0. The van der Waals surface area contributed by atoms with Gasteiger partial charge >= 0.3 is 0 Å². The number of nitrogens with zero attached hydrogens (tertiary/aromatic N) is 2. The van der Waals surface area contributed by atoms with E-state index in [4.69, 9.17) is 4.74 Å². The first-order valence-electron chi connectivity index (χ1n) is 13.9. The summed E-state index contributed by atoms with van der Waals surface area (Å²) in [5, 5.41) is 0. The zero-order valence-corrected chi connectivity index (χ0v) is 20.8. The van der Waals surface area contributed by atoms with Crippen LogP contribution in [0.3, 0.4) is 0 Å². The zero-order chi connectivity index (χ0) is 23.1. The molecule has 5 heterocycles. The quantitative estimate of drug-likeness (QED) is 0.492. The summed E-state index contributed by atoms with van der Waals surface area (Å²) in [4.78, 5) is 5.37. The Bertz CT molecular complexity index is 1360. The number of ether oxygens (including phenoxy) is 1. The van der Waals surface area contributed by atoms with Gasteiger partial charge in [0.2, 0.25) is 0 Å². The van der Waals surface area contributed by atoms with Gasteiger partial charge < -0.3 is 9.64 Å². The minimum absolute atomic E-state index is 0.474. The van der Waals surface area contributed by atoms with Gasteiger partial charge in [0.15, 0.2) is 0 Å². The Morgan fingerprint density at radius 3 is 2.54 bits per heavy atom. The molecule has 0 radical (unpaired) electrons. The Labute approximate surface area is 208 Å². The van der Waals surface area contributed by atoms with Crippen molar-refractivity contribution in [2.75, 3.05) is 31.1 Å². The Balaban J connectivity index is 1.46. The summed E-state index contributed by atoms with van der Waals surface area (Å²) in [7, 11) is 0. The molecule has 6 aliphatic rings. The first-order valence-corrected chi connectivity index (χ1v) is 13.9. The van der Waals surface area contributed by atoms with Crippen LogP contribution in [0, 0.1) is 6.92 Å². The van der Waals surface area contributed by atoms with Crippen molar-refractivity contribution in [2.24, 2.45) is 0 Å². The largest absolute Gasteiger partial charge is 0.456 e. The lowest BCUT2D eigenvalue weighted by Gasteiger charge is -2.47. The minimum atomic E-state index is 0.474. The predicted octanol–water partition coefficient (Wildman–Crippen LogP) is 6.34. The van der Waals surface area contributed by atoms with Crippen LogP contribution in [-0.4, -0.2) is 37.1 Å². The number of fused-ring (bicyclic) bond motifs is 3. The third kappa shape index (κ3) is 2.88. The van der Waals surface area contributed by atoms with Gasteiger partial charge in [0.25, 0.3) is 0 Å². The average molecular weight is 463 g/mol. The number of hydrogen-bond acceptors (Lipinski definition) is 3. The molecule has 2 fully saturated rings. The molecule has 0 aromatic heterocycles. The Kier molecular flexibility index (Phi) is 4.44. The molecule has 2 saturated heterocycles. The van der Waals surface area contributed by atoms with Crippen LogP contribution in [0.2, 0.25) is 0 Å². The summed E-state index contributed by atoms with van der Waals surface area (Å²) >= 11 is 0. The Morgan fingerprint density at radius 2 is 1.66 bits per heavy atom. The van der Waals surface area contributed by atoms with Crippen LogP contribution in [-0.2, 0) is 12.8 Å². The Morgan fingerprint density at radius 1 is 0.857 bits per heavy atom. The number of allylic oxidation sites excluding steroid dienone is 1. The van der Waals surface area contributed by atoms with Crippen LogP contribution in [0.4, 0.5) is 5.69 Å². The van der Waals surface area contributed by atoms with Crippen molar-refractivity contribution in [3.05, 3.63) is 86.7 Å². The third-order valence-electron chi connectivity index (χ3n) is 9.34. The van der Waals surface area contributed by atoms with Gasteiger partial charge in [-0.2, -0.15) is 0 Å². The molecule has 1 atom stereocenters. The maximum Gasteiger partial charge on any atom is 0.140 e. The van der Waals surface area contributed by atoms with Crippen molar-refractivity contribution in [3.8, 4) is 5.75 Å². The lowest BCUT2D eigenvalue weighted by Crippen LogP contribution is -2.47. The molecule has 5 aliphatic heterocycles. The smallest absolute Gasteiger partial charge is 0.140 e. The molecule has 0 amide bonds. The van der Waals surface area contributed by atoms with Crippen molar-refractivity contribution in [1.82, 2.24) is 4.90 Å². The molecule has 3 nitrogen and oxygen atoms in total. The number of benzene rings is 2. The van der Waals surface area contributed by atoms with Crippen LogP contribution in [0.25, 0.3) is 5.57 Å². The minimum Gasteiger partial charge on any atom is -0.456 e. The molecule has 2 aromatic carbocycles. The lowest BCUT2D eigenvalue weighted by molar-refractivity contribution is 0.178. The van der Waals surface area contributed by atoms with E-state index in [1.54, 1.807) is 16.7 Å². The summed E-state index contributed by atoms with van der Waals surface area (Å²) < 4.78 is 7.16. The van der Waals surface area contributed by atoms with E-state index in [2.05, 4.69) is 53.1 Å². The van der Waals surface area contributed by atoms with E-state index < -0.39 is 0 Å². The maximum absolute atomic E-state index is 7.16. The second-order valence-corrected chi connectivity index (χ2v) is 11.4. The third-order valence-corrected chi connectivity index (χ3v) is 9.34. The van der Waals surface area contributed by atoms with E-state index in [1.807, 2.05) is 0 Å². The first kappa shape index (κ1) is 20.4. The highest BCUT2D eigenvalue weighted by atomic mass is 16.5. The maximum atomic E-state index is 7.16. The van der Waals surface area contributed by atoms with Gasteiger partial charge in [-0.25, -0.2) is 0 Å². The topological polar surface area (TPSA) is 15.7 Å². The number of piperidine rings is 2. The summed E-state index contributed by atoms with van der Waals surface area (Å²) in [5.41, 5.74) is 14.5. The molecular weight excluding hydrogens is 428 g/mol. The van der Waals surface area contributed by atoms with Gasteiger partial charge in [-0.1, -0.05) is 24.3 Å². The van der Waals surface area contributed by atoms with E-state index in [0.717, 1.165) is 6.42 Å². The SMILES string of the molecule is Cc1ccccc1C1=C2C=C3CCCN4CCCC(=C2Oc2c1cc1c5c2CCCN5CCC1)C34. The van der Waals surface area contributed by atoms with E-state index in [1.165, 1.54) is 122 Å². The highest BCUT2D eigenvalue weighted by molar-refractivity contribution is 5.94. The van der Waals surface area contributed by atoms with Gasteiger partial charge in [-0.15, -0.1) is 0 Å². The molecule has 0 saturated carbocycles. The fourth-order valence-electron chi connectivity index (χ4n) is 7.92. The van der Waals surface area contributed by atoms with E-state index >= 15 is 0 Å². The molecular formula is C32H34N2O. The molecule has 0 bridgehead atoms. The van der Waals surface area contributed by atoms with Gasteiger partial charge in [-0.05, 0) is 111 Å². The monoisotopic (exact) mass is 462 g/mol. The summed E-state index contributed by atoms with van der Waals surface area (Å²) in [6.07, 6.45) is 12.3.